The molecule has 2 aromatic heterocycles. The van der Waals surface area contributed by atoms with Crippen molar-refractivity contribution in [1.29, 1.82) is 0 Å². The number of aromatic nitrogens is 3. The van der Waals surface area contributed by atoms with Gasteiger partial charge >= 0.3 is 6.03 Å². The number of rotatable bonds is 9. The van der Waals surface area contributed by atoms with Gasteiger partial charge in [-0.1, -0.05) is 49.4 Å². The molecule has 0 aliphatic rings. The third-order valence-corrected chi connectivity index (χ3v) is 5.65. The van der Waals surface area contributed by atoms with Crippen LogP contribution in [0.1, 0.15) is 25.3 Å². The molecule has 2 aromatic carbocycles. The van der Waals surface area contributed by atoms with E-state index in [-0.39, 0.29) is 6.03 Å². The van der Waals surface area contributed by atoms with Crippen molar-refractivity contribution < 1.29 is 9.53 Å². The van der Waals surface area contributed by atoms with Gasteiger partial charge in [-0.15, -0.1) is 0 Å². The van der Waals surface area contributed by atoms with Gasteiger partial charge in [0.2, 0.25) is 0 Å². The maximum atomic E-state index is 12.4. The van der Waals surface area contributed by atoms with Crippen LogP contribution in [0.5, 0.6) is 5.75 Å². The van der Waals surface area contributed by atoms with Crippen molar-refractivity contribution in [2.24, 2.45) is 5.92 Å². The minimum atomic E-state index is -0.282. The number of carbonyl (C=O) groups excluding carboxylic acids is 1. The van der Waals surface area contributed by atoms with Gasteiger partial charge < -0.3 is 10.1 Å². The number of para-hydroxylation sites is 1. The molecule has 0 bridgehead atoms. The van der Waals surface area contributed by atoms with Gasteiger partial charge in [-0.25, -0.2) is 14.8 Å². The lowest BCUT2D eigenvalue weighted by Gasteiger charge is -2.13. The lowest BCUT2D eigenvalue weighted by Crippen LogP contribution is -2.32. The number of aryl methyl sites for hydroxylation is 1. The zero-order valence-electron chi connectivity index (χ0n) is 19.5. The molecule has 1 unspecified atom stereocenters. The monoisotopic (exact) mass is 455 g/mol. The summed E-state index contributed by atoms with van der Waals surface area (Å²) in [4.78, 5) is 26.0. The average molecular weight is 456 g/mol. The van der Waals surface area contributed by atoms with Gasteiger partial charge in [-0.2, -0.15) is 0 Å². The van der Waals surface area contributed by atoms with Crippen LogP contribution in [-0.2, 0) is 6.42 Å². The molecule has 2 amide bonds. The van der Waals surface area contributed by atoms with Crippen LogP contribution in [0.4, 0.5) is 10.6 Å². The van der Waals surface area contributed by atoms with Crippen LogP contribution in [-0.4, -0.2) is 34.6 Å². The summed E-state index contributed by atoms with van der Waals surface area (Å²) in [6.07, 6.45) is 4.88. The lowest BCUT2D eigenvalue weighted by atomic mass is 10.0. The van der Waals surface area contributed by atoms with Crippen LogP contribution in [0, 0.1) is 5.92 Å². The van der Waals surface area contributed by atoms with E-state index in [9.17, 15) is 4.79 Å². The van der Waals surface area contributed by atoms with Gasteiger partial charge in [0.25, 0.3) is 0 Å². The molecule has 0 radical (unpaired) electrons. The van der Waals surface area contributed by atoms with Gasteiger partial charge in [0.15, 0.2) is 5.65 Å². The fourth-order valence-corrected chi connectivity index (χ4v) is 3.78. The fraction of sp³-hybridized carbons (Fsp3) is 0.259. The first-order valence-electron chi connectivity index (χ1n) is 11.5. The van der Waals surface area contributed by atoms with Crippen LogP contribution in [0.15, 0.2) is 72.9 Å². The summed E-state index contributed by atoms with van der Waals surface area (Å²) in [6, 6.07) is 21.3. The van der Waals surface area contributed by atoms with E-state index in [4.69, 9.17) is 4.74 Å². The zero-order chi connectivity index (χ0) is 23.8. The maximum absolute atomic E-state index is 12.4. The Morgan fingerprint density at radius 2 is 1.79 bits per heavy atom. The topological polar surface area (TPSA) is 89.0 Å². The van der Waals surface area contributed by atoms with E-state index in [1.165, 1.54) is 5.56 Å². The smallest absolute Gasteiger partial charge is 0.320 e. The number of urea groups is 1. The number of carbonyl (C=O) groups is 1. The van der Waals surface area contributed by atoms with Gasteiger partial charge in [0.1, 0.15) is 17.1 Å². The quantitative estimate of drug-likeness (QED) is 0.349. The van der Waals surface area contributed by atoms with Gasteiger partial charge in [0.05, 0.1) is 19.0 Å². The number of benzene rings is 2. The number of pyridine rings is 1. The highest BCUT2D eigenvalue weighted by molar-refractivity contribution is 5.89. The largest absolute Gasteiger partial charge is 0.496 e. The van der Waals surface area contributed by atoms with Gasteiger partial charge in [-0.05, 0) is 55.0 Å². The summed E-state index contributed by atoms with van der Waals surface area (Å²) < 4.78 is 5.43. The number of fused-ring (bicyclic) bond motifs is 1. The molecule has 0 aliphatic heterocycles. The van der Waals surface area contributed by atoms with E-state index >= 15 is 0 Å². The average Bonchev–Trinajstić information content (AvgIpc) is 2.87. The number of anilines is 1. The summed E-state index contributed by atoms with van der Waals surface area (Å²) >= 11 is 0. The van der Waals surface area contributed by atoms with Crippen molar-refractivity contribution in [3.8, 4) is 17.0 Å². The molecule has 4 aromatic rings. The Morgan fingerprint density at radius 1 is 1.00 bits per heavy atom. The molecule has 2 N–H and O–H groups in total. The van der Waals surface area contributed by atoms with Crippen LogP contribution >= 0.6 is 0 Å². The predicted octanol–water partition coefficient (Wildman–Crippen LogP) is 5.48. The van der Waals surface area contributed by atoms with Crippen molar-refractivity contribution in [2.45, 2.75) is 26.2 Å². The molecule has 0 saturated heterocycles. The molecule has 7 nitrogen and oxygen atoms in total. The second-order valence-electron chi connectivity index (χ2n) is 8.31. The number of hydrogen-bond acceptors (Lipinski definition) is 5. The highest BCUT2D eigenvalue weighted by Crippen LogP contribution is 2.28. The molecule has 7 heteroatoms. The second kappa shape index (κ2) is 11.2. The number of nitrogens with zero attached hydrogens (tertiary/aromatic N) is 3. The molecular weight excluding hydrogens is 426 g/mol. The Morgan fingerprint density at radius 3 is 2.62 bits per heavy atom. The highest BCUT2D eigenvalue weighted by Gasteiger charge is 2.11. The van der Waals surface area contributed by atoms with Gasteiger partial charge in [-0.3, -0.25) is 10.3 Å². The lowest BCUT2D eigenvalue weighted by molar-refractivity contribution is 0.250. The van der Waals surface area contributed by atoms with Crippen molar-refractivity contribution in [2.75, 3.05) is 19.0 Å². The molecule has 4 rings (SSSR count). The first-order chi connectivity index (χ1) is 16.6. The Kier molecular flexibility index (Phi) is 7.65. The van der Waals surface area contributed by atoms with E-state index in [1.54, 1.807) is 25.4 Å². The van der Waals surface area contributed by atoms with Crippen molar-refractivity contribution in [1.82, 2.24) is 20.3 Å². The van der Waals surface area contributed by atoms with Crippen molar-refractivity contribution >= 4 is 23.0 Å². The summed E-state index contributed by atoms with van der Waals surface area (Å²) in [7, 11) is 1.62. The first-order valence-corrected chi connectivity index (χ1v) is 11.5. The Bertz CT molecular complexity index is 1250. The third-order valence-electron chi connectivity index (χ3n) is 5.65. The molecule has 174 valence electrons. The minimum absolute atomic E-state index is 0.282. The normalized spacial score (nSPS) is 11.7. The molecule has 0 spiro atoms. The second-order valence-corrected chi connectivity index (χ2v) is 8.31. The number of hydrogen-bond donors (Lipinski definition) is 2. The van der Waals surface area contributed by atoms with Crippen molar-refractivity contribution in [3.63, 3.8) is 0 Å². The molecular formula is C27H29N5O2. The summed E-state index contributed by atoms with van der Waals surface area (Å²) in [6.45, 7) is 2.75. The number of methoxy groups -OCH3 is 1. The van der Waals surface area contributed by atoms with E-state index in [0.29, 0.717) is 40.9 Å². The van der Waals surface area contributed by atoms with E-state index in [1.807, 2.05) is 30.3 Å². The molecule has 0 saturated carbocycles. The van der Waals surface area contributed by atoms with Gasteiger partial charge in [0, 0.05) is 12.1 Å². The first kappa shape index (κ1) is 23.2. The van der Waals surface area contributed by atoms with Crippen molar-refractivity contribution in [3.05, 3.63) is 78.5 Å². The van der Waals surface area contributed by atoms with E-state index in [0.717, 1.165) is 24.8 Å². The Hall–Kier alpha value is -4.00. The summed E-state index contributed by atoms with van der Waals surface area (Å²) in [5.74, 6) is 1.52. The maximum Gasteiger partial charge on any atom is 0.320 e. The Balaban J connectivity index is 1.32. The summed E-state index contributed by atoms with van der Waals surface area (Å²) in [5, 5.41) is 5.74. The SMILES string of the molecule is COc1ccccc1-c1cnc2ccc(NC(=O)NCC(C)CCCc3ccccc3)nc2n1. The molecule has 0 fully saturated rings. The van der Waals surface area contributed by atoms with Crippen LogP contribution < -0.4 is 15.4 Å². The van der Waals surface area contributed by atoms with Crippen LogP contribution in [0.25, 0.3) is 22.4 Å². The molecule has 1 atom stereocenters. The summed E-state index contributed by atoms with van der Waals surface area (Å²) in [5.41, 5.74) is 3.94. The molecule has 2 heterocycles. The standard InChI is InChI=1S/C27H29N5O2/c1-19(9-8-12-20-10-4-3-5-11-20)17-29-27(33)32-25-16-15-22-26(31-25)30-23(18-28-22)21-13-6-7-14-24(21)34-2/h3-7,10-11,13-16,18-19H,8-9,12,17H2,1-2H3,(H2,29,30,31,32,33). The predicted molar refractivity (Wildman–Crippen MR) is 135 cm³/mol. The Labute approximate surface area is 199 Å². The molecule has 34 heavy (non-hydrogen) atoms. The van der Waals surface area contributed by atoms with Crippen LogP contribution in [0.3, 0.4) is 0 Å². The van der Waals surface area contributed by atoms with Crippen LogP contribution in [0.2, 0.25) is 0 Å². The number of nitrogens with one attached hydrogen (secondary N) is 2. The van der Waals surface area contributed by atoms with E-state index in [2.05, 4.69) is 56.8 Å². The molecule has 0 aliphatic carbocycles. The zero-order valence-corrected chi connectivity index (χ0v) is 19.5. The minimum Gasteiger partial charge on any atom is -0.496 e. The number of ether oxygens (including phenoxy) is 1. The van der Waals surface area contributed by atoms with E-state index < -0.39 is 0 Å². The highest BCUT2D eigenvalue weighted by atomic mass is 16.5. The third kappa shape index (κ3) is 6.07. The fourth-order valence-electron chi connectivity index (χ4n) is 3.78. The number of amides is 2.